The van der Waals surface area contributed by atoms with Crippen LogP contribution in [0.1, 0.15) is 110 Å². The molecule has 0 aromatic heterocycles. The molecule has 0 aromatic carbocycles. The molecule has 1 fully saturated rings. The predicted octanol–water partition coefficient (Wildman–Crippen LogP) is 6.09. The fraction of sp³-hybridized carbons (Fsp3) is 0.864. The van der Waals surface area contributed by atoms with Crippen molar-refractivity contribution in [3.8, 4) is 11.8 Å². The lowest BCUT2D eigenvalue weighted by Gasteiger charge is -2.14. The lowest BCUT2D eigenvalue weighted by atomic mass is 10.1. The molecule has 1 saturated heterocycles. The van der Waals surface area contributed by atoms with Gasteiger partial charge in [0.1, 0.15) is 0 Å². The van der Waals surface area contributed by atoms with Crippen LogP contribution in [0.5, 0.6) is 0 Å². The molecule has 0 saturated carbocycles. The van der Waals surface area contributed by atoms with Gasteiger partial charge in [0.05, 0.1) is 0 Å². The highest BCUT2D eigenvalue weighted by Gasteiger charge is 2.16. The third kappa shape index (κ3) is 11.5. The van der Waals surface area contributed by atoms with Crippen LogP contribution >= 0.6 is 0 Å². The molecule has 0 N–H and O–H groups in total. The number of carbonyl (C=O) groups excluding carboxylic acids is 1. The number of hydrogen-bond acceptors (Lipinski definition) is 1. The molecule has 1 rings (SSSR count). The predicted molar refractivity (Wildman–Crippen MR) is 104 cm³/mol. The van der Waals surface area contributed by atoms with Crippen LogP contribution < -0.4 is 0 Å². The Morgan fingerprint density at radius 3 is 1.83 bits per heavy atom. The van der Waals surface area contributed by atoms with Crippen LogP contribution in [0, 0.1) is 11.8 Å². The first-order chi connectivity index (χ1) is 11.8. The Hall–Kier alpha value is -0.970. The first-order valence-electron chi connectivity index (χ1n) is 10.6. The maximum absolute atomic E-state index is 11.9. The lowest BCUT2D eigenvalue weighted by molar-refractivity contribution is -0.130. The molecular formula is C22H39NO. The standard InChI is InChI=1S/C22H39NO/c1-2-3-4-5-6-7-8-9-10-11-12-13-14-15-16-19-22(24)23-20-17-18-21-23/h2-6,9-21H2,1H3. The van der Waals surface area contributed by atoms with E-state index >= 15 is 0 Å². The third-order valence-corrected chi connectivity index (χ3v) is 4.93. The van der Waals surface area contributed by atoms with E-state index in [0.29, 0.717) is 5.91 Å². The SMILES string of the molecule is CCCCCCC#CCCCCCCCCCC(=O)N1CCCC1. The van der Waals surface area contributed by atoms with Gasteiger partial charge >= 0.3 is 0 Å². The number of carbonyl (C=O) groups is 1. The second kappa shape index (κ2) is 15.6. The number of nitrogens with zero attached hydrogens (tertiary/aromatic N) is 1. The van der Waals surface area contributed by atoms with Crippen molar-refractivity contribution in [3.63, 3.8) is 0 Å². The fourth-order valence-electron chi connectivity index (χ4n) is 3.32. The van der Waals surface area contributed by atoms with E-state index in [1.165, 1.54) is 77.0 Å². The average molecular weight is 334 g/mol. The first-order valence-corrected chi connectivity index (χ1v) is 10.6. The molecule has 0 aromatic rings. The van der Waals surface area contributed by atoms with Crippen LogP contribution in [0.2, 0.25) is 0 Å². The summed E-state index contributed by atoms with van der Waals surface area (Å²) in [6.45, 7) is 4.25. The molecule has 2 heteroatoms. The summed E-state index contributed by atoms with van der Waals surface area (Å²) in [5.41, 5.74) is 0. The van der Waals surface area contributed by atoms with E-state index in [9.17, 15) is 4.79 Å². The van der Waals surface area contributed by atoms with Crippen molar-refractivity contribution in [2.75, 3.05) is 13.1 Å². The molecule has 1 aliphatic rings. The van der Waals surface area contributed by atoms with E-state index in [4.69, 9.17) is 0 Å². The highest BCUT2D eigenvalue weighted by molar-refractivity contribution is 5.76. The highest BCUT2D eigenvalue weighted by atomic mass is 16.2. The zero-order valence-electron chi connectivity index (χ0n) is 16.1. The van der Waals surface area contributed by atoms with Gasteiger partial charge in [-0.1, -0.05) is 58.3 Å². The Morgan fingerprint density at radius 1 is 0.750 bits per heavy atom. The average Bonchev–Trinajstić information content (AvgIpc) is 3.13. The molecule has 0 radical (unpaired) electrons. The summed E-state index contributed by atoms with van der Waals surface area (Å²) in [6.07, 6.45) is 19.5. The summed E-state index contributed by atoms with van der Waals surface area (Å²) >= 11 is 0. The lowest BCUT2D eigenvalue weighted by Crippen LogP contribution is -2.27. The van der Waals surface area contributed by atoms with Crippen molar-refractivity contribution in [1.82, 2.24) is 4.90 Å². The van der Waals surface area contributed by atoms with E-state index in [1.54, 1.807) is 0 Å². The molecule has 24 heavy (non-hydrogen) atoms. The van der Waals surface area contributed by atoms with Crippen molar-refractivity contribution in [1.29, 1.82) is 0 Å². The maximum atomic E-state index is 11.9. The third-order valence-electron chi connectivity index (χ3n) is 4.93. The molecule has 1 aliphatic heterocycles. The minimum atomic E-state index is 0.390. The molecule has 138 valence electrons. The monoisotopic (exact) mass is 333 g/mol. The summed E-state index contributed by atoms with van der Waals surface area (Å²) < 4.78 is 0. The fourth-order valence-corrected chi connectivity index (χ4v) is 3.32. The first kappa shape index (κ1) is 21.1. The second-order valence-electron chi connectivity index (χ2n) is 7.23. The number of hydrogen-bond donors (Lipinski definition) is 0. The zero-order chi connectivity index (χ0) is 17.3. The second-order valence-corrected chi connectivity index (χ2v) is 7.23. The van der Waals surface area contributed by atoms with Crippen LogP contribution in [0.25, 0.3) is 0 Å². The van der Waals surface area contributed by atoms with Gasteiger partial charge < -0.3 is 4.90 Å². The zero-order valence-corrected chi connectivity index (χ0v) is 16.1. The minimum Gasteiger partial charge on any atom is -0.343 e. The molecule has 0 bridgehead atoms. The van der Waals surface area contributed by atoms with Crippen LogP contribution in [0.4, 0.5) is 0 Å². The van der Waals surface area contributed by atoms with Crippen LogP contribution in [0.3, 0.4) is 0 Å². The van der Waals surface area contributed by atoms with Crippen molar-refractivity contribution in [2.45, 2.75) is 110 Å². The van der Waals surface area contributed by atoms with Crippen molar-refractivity contribution in [2.24, 2.45) is 0 Å². The number of amides is 1. The summed E-state index contributed by atoms with van der Waals surface area (Å²) in [6, 6.07) is 0. The van der Waals surface area contributed by atoms with Gasteiger partial charge in [0.15, 0.2) is 0 Å². The van der Waals surface area contributed by atoms with Crippen molar-refractivity contribution in [3.05, 3.63) is 0 Å². The van der Waals surface area contributed by atoms with Gasteiger partial charge in [-0.15, -0.1) is 11.8 Å². The van der Waals surface area contributed by atoms with Crippen molar-refractivity contribution >= 4 is 5.91 Å². The van der Waals surface area contributed by atoms with Gasteiger partial charge in [-0.2, -0.15) is 0 Å². The summed E-state index contributed by atoms with van der Waals surface area (Å²) in [5, 5.41) is 0. The van der Waals surface area contributed by atoms with E-state index in [2.05, 4.69) is 18.8 Å². The Morgan fingerprint density at radius 2 is 1.25 bits per heavy atom. The van der Waals surface area contributed by atoms with Gasteiger partial charge in [0.25, 0.3) is 0 Å². The van der Waals surface area contributed by atoms with Crippen LogP contribution in [-0.2, 0) is 4.79 Å². The topological polar surface area (TPSA) is 20.3 Å². The molecule has 0 aliphatic carbocycles. The highest BCUT2D eigenvalue weighted by Crippen LogP contribution is 2.13. The Labute approximate surface area is 150 Å². The van der Waals surface area contributed by atoms with Gasteiger partial charge in [-0.25, -0.2) is 0 Å². The normalized spacial score (nSPS) is 13.8. The van der Waals surface area contributed by atoms with Gasteiger partial charge in [0, 0.05) is 32.4 Å². The molecule has 0 spiro atoms. The maximum Gasteiger partial charge on any atom is 0.222 e. The number of likely N-dealkylation sites (tertiary alicyclic amines) is 1. The van der Waals surface area contributed by atoms with Crippen molar-refractivity contribution < 1.29 is 4.79 Å². The molecular weight excluding hydrogens is 294 g/mol. The molecule has 2 nitrogen and oxygen atoms in total. The molecule has 0 unspecified atom stereocenters. The largest absolute Gasteiger partial charge is 0.343 e. The number of unbranched alkanes of at least 4 members (excludes halogenated alkanes) is 11. The Bertz CT molecular complexity index is 360. The molecule has 1 amide bonds. The minimum absolute atomic E-state index is 0.390. The van der Waals surface area contributed by atoms with E-state index < -0.39 is 0 Å². The van der Waals surface area contributed by atoms with E-state index in [0.717, 1.165) is 38.8 Å². The van der Waals surface area contributed by atoms with E-state index in [-0.39, 0.29) is 0 Å². The summed E-state index contributed by atoms with van der Waals surface area (Å²) in [7, 11) is 0. The van der Waals surface area contributed by atoms with Crippen LogP contribution in [0.15, 0.2) is 0 Å². The number of rotatable bonds is 13. The summed E-state index contributed by atoms with van der Waals surface area (Å²) in [4.78, 5) is 13.9. The van der Waals surface area contributed by atoms with Gasteiger partial charge in [-0.05, 0) is 32.1 Å². The summed E-state index contributed by atoms with van der Waals surface area (Å²) in [5.74, 6) is 7.02. The smallest absolute Gasteiger partial charge is 0.222 e. The quantitative estimate of drug-likeness (QED) is 0.295. The van der Waals surface area contributed by atoms with Gasteiger partial charge in [-0.3, -0.25) is 4.79 Å². The molecule has 0 atom stereocenters. The Balaban J connectivity index is 1.77. The molecule has 1 heterocycles. The van der Waals surface area contributed by atoms with E-state index in [1.807, 2.05) is 4.90 Å². The van der Waals surface area contributed by atoms with Crippen LogP contribution in [-0.4, -0.2) is 23.9 Å². The van der Waals surface area contributed by atoms with Gasteiger partial charge in [0.2, 0.25) is 5.91 Å². The Kier molecular flexibility index (Phi) is 13.7.